The van der Waals surface area contributed by atoms with Crippen LogP contribution in [0, 0.1) is 0 Å². The number of aromatic nitrogens is 4. The van der Waals surface area contributed by atoms with Gasteiger partial charge in [-0.1, -0.05) is 0 Å². The molecule has 1 aliphatic rings. The standard InChI is InChI=1S/C11H18N6O3/c1-2-20-11(19)13-9-4-3-5-16(6-9)10(18)7-17-8-12-14-15-17/h8-9H,2-7H2,1H3,(H,13,19)/t9-/m0/s1. The van der Waals surface area contributed by atoms with E-state index in [9.17, 15) is 9.59 Å². The number of nitrogens with zero attached hydrogens (tertiary/aromatic N) is 5. The number of hydrogen-bond acceptors (Lipinski definition) is 6. The predicted octanol–water partition coefficient (Wildman–Crippen LogP) is -0.590. The first-order valence-electron chi connectivity index (χ1n) is 6.61. The fourth-order valence-corrected chi connectivity index (χ4v) is 2.15. The largest absolute Gasteiger partial charge is 0.450 e. The summed E-state index contributed by atoms with van der Waals surface area (Å²) in [4.78, 5) is 25.2. The zero-order valence-corrected chi connectivity index (χ0v) is 11.4. The molecule has 0 radical (unpaired) electrons. The number of alkyl carbamates (subject to hydrolysis) is 1. The Hall–Kier alpha value is -2.19. The highest BCUT2D eigenvalue weighted by Gasteiger charge is 2.25. The van der Waals surface area contributed by atoms with E-state index in [2.05, 4.69) is 20.8 Å². The number of hydrogen-bond donors (Lipinski definition) is 1. The summed E-state index contributed by atoms with van der Waals surface area (Å²) in [5.74, 6) is -0.0624. The van der Waals surface area contributed by atoms with Crippen LogP contribution >= 0.6 is 0 Å². The number of likely N-dealkylation sites (tertiary alicyclic amines) is 1. The molecule has 1 aromatic heterocycles. The number of ether oxygens (including phenoxy) is 1. The van der Waals surface area contributed by atoms with E-state index in [-0.39, 0.29) is 18.5 Å². The second-order valence-electron chi connectivity index (χ2n) is 4.55. The van der Waals surface area contributed by atoms with E-state index in [0.717, 1.165) is 12.8 Å². The molecule has 1 N–H and O–H groups in total. The molecule has 9 heteroatoms. The van der Waals surface area contributed by atoms with Gasteiger partial charge in [-0.3, -0.25) is 4.79 Å². The topological polar surface area (TPSA) is 102 Å². The molecule has 20 heavy (non-hydrogen) atoms. The Labute approximate surface area is 116 Å². The Morgan fingerprint density at radius 2 is 2.35 bits per heavy atom. The molecule has 0 spiro atoms. The van der Waals surface area contributed by atoms with E-state index in [1.165, 1.54) is 11.0 Å². The third kappa shape index (κ3) is 3.90. The molecule has 9 nitrogen and oxygen atoms in total. The third-order valence-electron chi connectivity index (χ3n) is 3.06. The smallest absolute Gasteiger partial charge is 0.407 e. The van der Waals surface area contributed by atoms with Crippen LogP contribution < -0.4 is 5.32 Å². The van der Waals surface area contributed by atoms with Crippen molar-refractivity contribution in [3.8, 4) is 0 Å². The molecule has 2 heterocycles. The second kappa shape index (κ2) is 6.83. The molecule has 0 saturated carbocycles. The summed E-state index contributed by atoms with van der Waals surface area (Å²) in [6.07, 6.45) is 2.65. The van der Waals surface area contributed by atoms with Crippen LogP contribution in [-0.2, 0) is 16.1 Å². The van der Waals surface area contributed by atoms with Gasteiger partial charge in [-0.05, 0) is 30.2 Å². The van der Waals surface area contributed by atoms with Gasteiger partial charge in [-0.15, -0.1) is 5.10 Å². The van der Waals surface area contributed by atoms with Gasteiger partial charge in [-0.25, -0.2) is 9.48 Å². The summed E-state index contributed by atoms with van der Waals surface area (Å²) in [5, 5.41) is 13.4. The number of rotatable bonds is 4. The summed E-state index contributed by atoms with van der Waals surface area (Å²) >= 11 is 0. The first-order chi connectivity index (χ1) is 9.69. The van der Waals surface area contributed by atoms with E-state index < -0.39 is 6.09 Å². The maximum absolute atomic E-state index is 12.1. The molecule has 1 saturated heterocycles. The van der Waals surface area contributed by atoms with Gasteiger partial charge in [0.05, 0.1) is 6.61 Å². The molecule has 1 fully saturated rings. The van der Waals surface area contributed by atoms with E-state index in [1.54, 1.807) is 11.8 Å². The van der Waals surface area contributed by atoms with Crippen LogP contribution in [0.5, 0.6) is 0 Å². The third-order valence-corrected chi connectivity index (χ3v) is 3.06. The highest BCUT2D eigenvalue weighted by atomic mass is 16.5. The highest BCUT2D eigenvalue weighted by molar-refractivity contribution is 5.76. The average Bonchev–Trinajstić information content (AvgIpc) is 2.92. The Balaban J connectivity index is 1.83. The van der Waals surface area contributed by atoms with Crippen molar-refractivity contribution >= 4 is 12.0 Å². The SMILES string of the molecule is CCOC(=O)N[C@H]1CCCN(C(=O)Cn2cnnn2)C1. The van der Waals surface area contributed by atoms with E-state index >= 15 is 0 Å². The maximum atomic E-state index is 12.1. The molecule has 0 aliphatic carbocycles. The van der Waals surface area contributed by atoms with Crippen LogP contribution in [0.2, 0.25) is 0 Å². The monoisotopic (exact) mass is 282 g/mol. The number of carbonyl (C=O) groups is 2. The zero-order valence-electron chi connectivity index (χ0n) is 11.4. The Bertz CT molecular complexity index is 449. The Morgan fingerprint density at radius 1 is 1.50 bits per heavy atom. The molecule has 110 valence electrons. The van der Waals surface area contributed by atoms with E-state index in [0.29, 0.717) is 19.7 Å². The maximum Gasteiger partial charge on any atom is 0.407 e. The van der Waals surface area contributed by atoms with Crippen molar-refractivity contribution in [2.24, 2.45) is 0 Å². The summed E-state index contributed by atoms with van der Waals surface area (Å²) in [5.41, 5.74) is 0. The van der Waals surface area contributed by atoms with Crippen LogP contribution in [0.25, 0.3) is 0 Å². The number of carbonyl (C=O) groups excluding carboxylic acids is 2. The normalized spacial score (nSPS) is 18.6. The Morgan fingerprint density at radius 3 is 3.05 bits per heavy atom. The number of piperidine rings is 1. The van der Waals surface area contributed by atoms with Crippen molar-refractivity contribution in [2.75, 3.05) is 19.7 Å². The van der Waals surface area contributed by atoms with Gasteiger partial charge >= 0.3 is 6.09 Å². The quantitative estimate of drug-likeness (QED) is 0.792. The minimum Gasteiger partial charge on any atom is -0.450 e. The predicted molar refractivity (Wildman–Crippen MR) is 67.6 cm³/mol. The van der Waals surface area contributed by atoms with Crippen molar-refractivity contribution in [3.05, 3.63) is 6.33 Å². The lowest BCUT2D eigenvalue weighted by Gasteiger charge is -2.32. The number of nitrogens with one attached hydrogen (secondary N) is 1. The van der Waals surface area contributed by atoms with E-state index in [1.807, 2.05) is 0 Å². The van der Waals surface area contributed by atoms with Crippen molar-refractivity contribution in [2.45, 2.75) is 32.4 Å². The first-order valence-corrected chi connectivity index (χ1v) is 6.61. The van der Waals surface area contributed by atoms with Gasteiger partial charge < -0.3 is 15.0 Å². The minimum absolute atomic E-state index is 0.0624. The summed E-state index contributed by atoms with van der Waals surface area (Å²) in [6.45, 7) is 3.36. The molecule has 2 rings (SSSR count). The van der Waals surface area contributed by atoms with Crippen LogP contribution in [0.15, 0.2) is 6.33 Å². The lowest BCUT2D eigenvalue weighted by atomic mass is 10.1. The van der Waals surface area contributed by atoms with Crippen LogP contribution in [0.3, 0.4) is 0 Å². The van der Waals surface area contributed by atoms with Gasteiger partial charge in [0.1, 0.15) is 12.9 Å². The fourth-order valence-electron chi connectivity index (χ4n) is 2.15. The summed E-state index contributed by atoms with van der Waals surface area (Å²) in [7, 11) is 0. The van der Waals surface area contributed by atoms with Crippen molar-refractivity contribution < 1.29 is 14.3 Å². The molecule has 0 unspecified atom stereocenters. The molecular formula is C11H18N6O3. The van der Waals surface area contributed by atoms with Crippen LogP contribution in [0.1, 0.15) is 19.8 Å². The van der Waals surface area contributed by atoms with Gasteiger partial charge in [0, 0.05) is 19.1 Å². The first kappa shape index (κ1) is 14.2. The average molecular weight is 282 g/mol. The molecule has 0 bridgehead atoms. The molecule has 1 aromatic rings. The second-order valence-corrected chi connectivity index (χ2v) is 4.55. The van der Waals surface area contributed by atoms with Crippen molar-refractivity contribution in [1.29, 1.82) is 0 Å². The fraction of sp³-hybridized carbons (Fsp3) is 0.727. The van der Waals surface area contributed by atoms with E-state index in [4.69, 9.17) is 4.74 Å². The van der Waals surface area contributed by atoms with Crippen molar-refractivity contribution in [1.82, 2.24) is 30.4 Å². The van der Waals surface area contributed by atoms with Gasteiger partial charge in [0.25, 0.3) is 0 Å². The molecule has 1 atom stereocenters. The van der Waals surface area contributed by atoms with Crippen LogP contribution in [-0.4, -0.2) is 62.8 Å². The van der Waals surface area contributed by atoms with Gasteiger partial charge in [0.2, 0.25) is 5.91 Å². The number of tetrazole rings is 1. The molecule has 1 aliphatic heterocycles. The molecular weight excluding hydrogens is 264 g/mol. The Kier molecular flexibility index (Phi) is 4.85. The van der Waals surface area contributed by atoms with Crippen molar-refractivity contribution in [3.63, 3.8) is 0 Å². The number of amides is 2. The lowest BCUT2D eigenvalue weighted by Crippen LogP contribution is -2.50. The van der Waals surface area contributed by atoms with Crippen LogP contribution in [0.4, 0.5) is 4.79 Å². The van der Waals surface area contributed by atoms with Gasteiger partial charge in [-0.2, -0.15) is 0 Å². The lowest BCUT2D eigenvalue weighted by molar-refractivity contribution is -0.133. The molecule has 0 aromatic carbocycles. The summed E-state index contributed by atoms with van der Waals surface area (Å²) < 4.78 is 6.22. The highest BCUT2D eigenvalue weighted by Crippen LogP contribution is 2.11. The minimum atomic E-state index is -0.438. The zero-order chi connectivity index (χ0) is 14.4. The summed E-state index contributed by atoms with van der Waals surface area (Å²) in [6, 6.07) is -0.0689. The molecule has 2 amide bonds. The van der Waals surface area contributed by atoms with Gasteiger partial charge in [0.15, 0.2) is 0 Å².